The molecule has 0 heterocycles. The average Bonchev–Trinajstić information content (AvgIpc) is 1.54. The Labute approximate surface area is 514 Å². The van der Waals surface area contributed by atoms with E-state index >= 15 is 0 Å². The van der Waals surface area contributed by atoms with Gasteiger partial charge in [0.2, 0.25) is 0 Å². The maximum absolute atomic E-state index is 3.06. The second-order valence-electron chi connectivity index (χ2n) is 24.9. The summed E-state index contributed by atoms with van der Waals surface area (Å²) >= 11 is -3.06. The third kappa shape index (κ3) is 8.60. The Hall–Kier alpha value is -8.26. The number of hydrogen-bond donors (Lipinski definition) is 0. The molecule has 0 saturated heterocycles. The van der Waals surface area contributed by atoms with Crippen LogP contribution in [0.1, 0.15) is 81.9 Å². The Morgan fingerprint density at radius 2 is 0.535 bits per heavy atom. The molecule has 413 valence electrons. The van der Waals surface area contributed by atoms with E-state index in [0.29, 0.717) is 7.25 Å². The third-order valence-corrected chi connectivity index (χ3v) is 41.3. The molecule has 0 bridgehead atoms. The first-order chi connectivity index (χ1) is 42.4. The molecule has 2 atom stereocenters. The van der Waals surface area contributed by atoms with E-state index in [1.165, 1.54) is 155 Å². The molecule has 14 aromatic carbocycles. The summed E-state index contributed by atoms with van der Waals surface area (Å²) in [6, 6.07) is 94.0. The van der Waals surface area contributed by atoms with E-state index in [1.807, 2.05) is 0 Å². The standard InChI is InChI=1S/2C41H31.C2H7Si.Zr/c2*1-2-3-12-27-23-38-36(40-32-17-8-4-13-28(32)25-29-14-5-9-18-33(29)40)21-22-37(39(38)24-27)41-34-19-10-6-15-30(34)26-31-16-7-11-20-35(31)41;1-3-2;/h2*4-11,13-26H,2-3,12H2,1H3;3H,1-2H3;. The van der Waals surface area contributed by atoms with E-state index in [4.69, 9.17) is 0 Å². The fourth-order valence-corrected chi connectivity index (χ4v) is 38.9. The zero-order chi connectivity index (χ0) is 57.6. The van der Waals surface area contributed by atoms with E-state index in [0.717, 1.165) is 25.7 Å². The van der Waals surface area contributed by atoms with Crippen molar-refractivity contribution in [2.24, 2.45) is 0 Å². The van der Waals surface area contributed by atoms with Gasteiger partial charge in [-0.15, -0.1) is 0 Å². The Kier molecular flexibility index (Phi) is 13.6. The van der Waals surface area contributed by atoms with Crippen LogP contribution >= 0.6 is 0 Å². The van der Waals surface area contributed by atoms with Gasteiger partial charge in [-0.25, -0.2) is 0 Å². The van der Waals surface area contributed by atoms with Crippen molar-refractivity contribution in [2.45, 2.75) is 72.7 Å². The molecule has 0 radical (unpaired) electrons. The molecular formula is C84H69SiZr. The summed E-state index contributed by atoms with van der Waals surface area (Å²) in [4.78, 5) is 0. The van der Waals surface area contributed by atoms with Crippen LogP contribution in [0.2, 0.25) is 13.1 Å². The van der Waals surface area contributed by atoms with Gasteiger partial charge in [0.1, 0.15) is 0 Å². The summed E-state index contributed by atoms with van der Waals surface area (Å²) < 4.78 is 0.722. The van der Waals surface area contributed by atoms with Crippen LogP contribution in [-0.4, -0.2) is 5.92 Å². The monoisotopic (exact) mass is 1200 g/mol. The third-order valence-electron chi connectivity index (χ3n) is 19.7. The van der Waals surface area contributed by atoms with Gasteiger partial charge in [0, 0.05) is 0 Å². The molecule has 0 N–H and O–H groups in total. The van der Waals surface area contributed by atoms with Crippen molar-refractivity contribution in [1.82, 2.24) is 0 Å². The van der Waals surface area contributed by atoms with Gasteiger partial charge < -0.3 is 0 Å². The Morgan fingerprint density at radius 3 is 0.779 bits per heavy atom. The summed E-state index contributed by atoms with van der Waals surface area (Å²) in [5.41, 5.74) is 20.8. The second-order valence-corrected chi connectivity index (χ2v) is 45.0. The van der Waals surface area contributed by atoms with Crippen LogP contribution in [0.15, 0.2) is 254 Å². The topological polar surface area (TPSA) is 0 Å². The number of benzene rings is 14. The van der Waals surface area contributed by atoms with Gasteiger partial charge in [-0.3, -0.25) is 0 Å². The zero-order valence-electron chi connectivity index (χ0n) is 49.7. The summed E-state index contributed by atoms with van der Waals surface area (Å²) in [6.45, 7) is 10.4. The van der Waals surface area contributed by atoms with Crippen LogP contribution in [-0.2, 0) is 20.9 Å². The summed E-state index contributed by atoms with van der Waals surface area (Å²) in [5.74, 6) is -1.51. The van der Waals surface area contributed by atoms with Gasteiger partial charge in [-0.2, -0.15) is 0 Å². The molecule has 0 nitrogen and oxygen atoms in total. The fourth-order valence-electron chi connectivity index (χ4n) is 16.0. The molecule has 14 aromatic rings. The predicted molar refractivity (Wildman–Crippen MR) is 374 cm³/mol. The number of fused-ring (bicyclic) bond motifs is 10. The van der Waals surface area contributed by atoms with Crippen molar-refractivity contribution in [3.05, 3.63) is 276 Å². The Morgan fingerprint density at radius 1 is 0.302 bits per heavy atom. The molecule has 0 saturated carbocycles. The van der Waals surface area contributed by atoms with E-state index in [2.05, 4.69) is 282 Å². The van der Waals surface area contributed by atoms with Crippen LogP contribution < -0.4 is 0 Å². The Balaban J connectivity index is 1.05. The minimum atomic E-state index is -3.06. The van der Waals surface area contributed by atoms with Crippen molar-refractivity contribution in [2.75, 3.05) is 0 Å². The van der Waals surface area contributed by atoms with Crippen molar-refractivity contribution >= 4 is 104 Å². The molecule has 2 unspecified atom stereocenters. The van der Waals surface area contributed by atoms with E-state index < -0.39 is 26.8 Å². The number of rotatable bonds is 13. The summed E-state index contributed by atoms with van der Waals surface area (Å²) in [6.07, 6.45) is 12.5. The molecule has 0 fully saturated rings. The van der Waals surface area contributed by atoms with Crippen LogP contribution in [0.5, 0.6) is 0 Å². The summed E-state index contributed by atoms with van der Waals surface area (Å²) in [7, 11) is 0. The molecule has 0 amide bonds. The first-order valence-electron chi connectivity index (χ1n) is 31.7. The zero-order valence-corrected chi connectivity index (χ0v) is 53.3. The minimum absolute atomic E-state index is 0.361. The Bertz CT molecular complexity index is 4620. The molecule has 2 aliphatic rings. The molecule has 2 heteroatoms. The maximum atomic E-state index is 2.82. The van der Waals surface area contributed by atoms with Gasteiger partial charge in [0.05, 0.1) is 0 Å². The van der Waals surface area contributed by atoms with Gasteiger partial charge in [-0.1, -0.05) is 0 Å². The van der Waals surface area contributed by atoms with Crippen LogP contribution in [0.4, 0.5) is 0 Å². The number of unbranched alkanes of at least 4 members (excludes halogenated alkanes) is 2. The molecule has 2 aliphatic carbocycles. The van der Waals surface area contributed by atoms with Crippen molar-refractivity contribution in [1.29, 1.82) is 0 Å². The fraction of sp³-hybridized carbons (Fsp3) is 0.143. The molecular weight excluding hydrogens is 1130 g/mol. The molecule has 0 aliphatic heterocycles. The van der Waals surface area contributed by atoms with Gasteiger partial charge >= 0.3 is 518 Å². The first kappa shape index (κ1) is 53.2. The quantitative estimate of drug-likeness (QED) is 0.0797. The first-order valence-corrected chi connectivity index (χ1v) is 41.7. The number of allylic oxidation sites excluding steroid dienone is 2. The normalized spacial score (nSPS) is 14.8. The van der Waals surface area contributed by atoms with Crippen LogP contribution in [0, 0.1) is 0 Å². The summed E-state index contributed by atoms with van der Waals surface area (Å²) in [5, 5.41) is 21.1. The predicted octanol–water partition coefficient (Wildman–Crippen LogP) is 24.1. The van der Waals surface area contributed by atoms with Crippen molar-refractivity contribution in [3.63, 3.8) is 0 Å². The number of hydrogen-bond acceptors (Lipinski definition) is 0. The van der Waals surface area contributed by atoms with Crippen molar-refractivity contribution in [3.8, 4) is 44.5 Å². The van der Waals surface area contributed by atoms with Gasteiger partial charge in [0.25, 0.3) is 0 Å². The molecule has 86 heavy (non-hydrogen) atoms. The van der Waals surface area contributed by atoms with Gasteiger partial charge in [-0.05, 0) is 0 Å². The molecule has 16 rings (SSSR count). The second kappa shape index (κ2) is 21.9. The van der Waals surface area contributed by atoms with Crippen LogP contribution in [0.25, 0.3) is 143 Å². The van der Waals surface area contributed by atoms with E-state index in [-0.39, 0.29) is 0 Å². The van der Waals surface area contributed by atoms with Gasteiger partial charge in [0.15, 0.2) is 0 Å². The van der Waals surface area contributed by atoms with Crippen molar-refractivity contribution < 1.29 is 20.9 Å². The molecule has 0 aromatic heterocycles. The SMILES string of the molecule is CCCCC1=Cc2c(-c3c4ccccc4cc4ccccc34)ccc(-c3c4ccccc4cc4ccccc34)c2[CH]1[Zr]([CH]1C(CCCC)=Cc2c(-c3c4ccccc4cc4ccccc34)ccc(-c3c4ccccc4cc4ccccc34)c21)[SiH](C)C. The van der Waals surface area contributed by atoms with E-state index in [1.54, 1.807) is 22.3 Å². The van der Waals surface area contributed by atoms with Crippen LogP contribution in [0.3, 0.4) is 0 Å². The average molecular weight is 1200 g/mol. The molecule has 0 spiro atoms. The van der Waals surface area contributed by atoms with E-state index in [9.17, 15) is 0 Å².